The molecule has 1 aromatic rings. The molecule has 0 saturated carbocycles. The van der Waals surface area contributed by atoms with E-state index in [0.717, 1.165) is 5.56 Å². The third kappa shape index (κ3) is 2.98. The van der Waals surface area contributed by atoms with E-state index in [0.29, 0.717) is 21.4 Å². The number of carboxylic acid groups (broad SMARTS) is 1. The second-order valence-electron chi connectivity index (χ2n) is 2.96. The number of thiol groups is 1. The minimum atomic E-state index is -0.918. The van der Waals surface area contributed by atoms with E-state index in [4.69, 9.17) is 10.4 Å². The molecule has 0 fully saturated rings. The van der Waals surface area contributed by atoms with Crippen molar-refractivity contribution in [3.63, 3.8) is 0 Å². The van der Waals surface area contributed by atoms with Crippen LogP contribution in [0, 0.1) is 11.3 Å². The van der Waals surface area contributed by atoms with Crippen LogP contribution in [0.15, 0.2) is 17.0 Å². The maximum Gasteiger partial charge on any atom is 0.307 e. The highest BCUT2D eigenvalue weighted by Crippen LogP contribution is 2.23. The molecule has 0 unspecified atom stereocenters. The Hall–Kier alpha value is -0.990. The lowest BCUT2D eigenvalue weighted by Gasteiger charge is -2.06. The third-order valence-electron chi connectivity index (χ3n) is 1.90. The summed E-state index contributed by atoms with van der Waals surface area (Å²) >= 11 is 7.48. The third-order valence-corrected chi connectivity index (χ3v) is 2.86. The van der Waals surface area contributed by atoms with Crippen molar-refractivity contribution >= 4 is 34.5 Å². The number of halogens is 1. The van der Waals surface area contributed by atoms with Crippen LogP contribution in [-0.4, -0.2) is 11.1 Å². The SMILES string of the molecule is N#Cc1cc(CC(=O)O)cc(S)c1CBr. The summed E-state index contributed by atoms with van der Waals surface area (Å²) in [6.45, 7) is 0. The van der Waals surface area contributed by atoms with Gasteiger partial charge in [-0.05, 0) is 23.3 Å². The van der Waals surface area contributed by atoms with Crippen LogP contribution in [0.2, 0.25) is 0 Å². The number of aliphatic carboxylic acids is 1. The van der Waals surface area contributed by atoms with E-state index < -0.39 is 5.97 Å². The number of hydrogen-bond donors (Lipinski definition) is 2. The Balaban J connectivity index is 3.21. The topological polar surface area (TPSA) is 61.1 Å². The molecule has 3 nitrogen and oxygen atoms in total. The average Bonchev–Trinajstić information content (AvgIpc) is 2.15. The average molecular weight is 286 g/mol. The molecule has 0 bridgehead atoms. The first-order chi connectivity index (χ1) is 7.08. The van der Waals surface area contributed by atoms with Gasteiger partial charge in [-0.25, -0.2) is 0 Å². The predicted molar refractivity (Wildman–Crippen MR) is 62.4 cm³/mol. The molecule has 0 radical (unpaired) electrons. The zero-order chi connectivity index (χ0) is 11.4. The number of carbonyl (C=O) groups is 1. The molecule has 0 aromatic heterocycles. The monoisotopic (exact) mass is 285 g/mol. The van der Waals surface area contributed by atoms with Crippen LogP contribution in [0.3, 0.4) is 0 Å². The van der Waals surface area contributed by atoms with Gasteiger partial charge in [0.25, 0.3) is 0 Å². The summed E-state index contributed by atoms with van der Waals surface area (Å²) in [6.07, 6.45) is -0.0925. The molecule has 1 rings (SSSR count). The summed E-state index contributed by atoms with van der Waals surface area (Å²) in [5.74, 6) is -0.918. The van der Waals surface area contributed by atoms with Crippen LogP contribution in [0.4, 0.5) is 0 Å². The lowest BCUT2D eigenvalue weighted by molar-refractivity contribution is -0.136. The molecular weight excluding hydrogens is 278 g/mol. The predicted octanol–water partition coefficient (Wildman–Crippen LogP) is 2.37. The number of benzene rings is 1. The summed E-state index contributed by atoms with van der Waals surface area (Å²) in [5.41, 5.74) is 1.85. The van der Waals surface area contributed by atoms with Gasteiger partial charge in [-0.1, -0.05) is 15.9 Å². The zero-order valence-corrected chi connectivity index (χ0v) is 10.2. The largest absolute Gasteiger partial charge is 0.481 e. The van der Waals surface area contributed by atoms with Gasteiger partial charge in [0.2, 0.25) is 0 Å². The molecule has 0 aliphatic carbocycles. The van der Waals surface area contributed by atoms with E-state index in [2.05, 4.69) is 28.6 Å². The zero-order valence-electron chi connectivity index (χ0n) is 7.70. The van der Waals surface area contributed by atoms with E-state index in [9.17, 15) is 4.79 Å². The molecule has 0 saturated heterocycles. The summed E-state index contributed by atoms with van der Waals surface area (Å²) in [4.78, 5) is 11.2. The van der Waals surface area contributed by atoms with Gasteiger partial charge < -0.3 is 5.11 Å². The molecule has 0 amide bonds. The van der Waals surface area contributed by atoms with Gasteiger partial charge in [-0.15, -0.1) is 12.6 Å². The Morgan fingerprint density at radius 2 is 2.27 bits per heavy atom. The Labute approximate surface area is 101 Å². The Bertz CT molecular complexity index is 440. The second kappa shape index (κ2) is 5.19. The van der Waals surface area contributed by atoms with Crippen LogP contribution < -0.4 is 0 Å². The number of nitrogens with zero attached hydrogens (tertiary/aromatic N) is 1. The van der Waals surface area contributed by atoms with Crippen LogP contribution in [-0.2, 0) is 16.5 Å². The highest BCUT2D eigenvalue weighted by atomic mass is 79.9. The maximum atomic E-state index is 10.5. The summed E-state index contributed by atoms with van der Waals surface area (Å²) in [6, 6.07) is 5.29. The minimum Gasteiger partial charge on any atom is -0.481 e. The molecule has 0 heterocycles. The van der Waals surface area contributed by atoms with Crippen LogP contribution >= 0.6 is 28.6 Å². The van der Waals surface area contributed by atoms with Crippen molar-refractivity contribution in [2.45, 2.75) is 16.6 Å². The van der Waals surface area contributed by atoms with Gasteiger partial charge >= 0.3 is 5.97 Å². The molecule has 0 aliphatic heterocycles. The van der Waals surface area contributed by atoms with E-state index >= 15 is 0 Å². The quantitative estimate of drug-likeness (QED) is 0.662. The first kappa shape index (κ1) is 12.1. The van der Waals surface area contributed by atoms with Crippen molar-refractivity contribution < 1.29 is 9.90 Å². The van der Waals surface area contributed by atoms with Crippen molar-refractivity contribution in [3.05, 3.63) is 28.8 Å². The standard InChI is InChI=1S/C10H8BrNO2S/c11-4-8-7(5-12)1-6(2-9(8)15)3-10(13)14/h1-2,15H,3-4H2,(H,13,14). The Morgan fingerprint density at radius 3 is 2.73 bits per heavy atom. The van der Waals surface area contributed by atoms with E-state index in [1.54, 1.807) is 12.1 Å². The van der Waals surface area contributed by atoms with Crippen molar-refractivity contribution in [1.82, 2.24) is 0 Å². The number of hydrogen-bond acceptors (Lipinski definition) is 3. The van der Waals surface area contributed by atoms with Gasteiger partial charge in [0, 0.05) is 10.2 Å². The molecule has 1 N–H and O–H groups in total. The van der Waals surface area contributed by atoms with Crippen LogP contribution in [0.1, 0.15) is 16.7 Å². The smallest absolute Gasteiger partial charge is 0.307 e. The normalized spacial score (nSPS) is 9.67. The van der Waals surface area contributed by atoms with Crippen molar-refractivity contribution in [3.8, 4) is 6.07 Å². The molecule has 15 heavy (non-hydrogen) atoms. The van der Waals surface area contributed by atoms with Gasteiger partial charge in [-0.3, -0.25) is 4.79 Å². The highest BCUT2D eigenvalue weighted by Gasteiger charge is 2.09. The summed E-state index contributed by atoms with van der Waals surface area (Å²) in [7, 11) is 0. The molecule has 0 spiro atoms. The highest BCUT2D eigenvalue weighted by molar-refractivity contribution is 9.08. The minimum absolute atomic E-state index is 0.0925. The number of alkyl halides is 1. The molecule has 0 aliphatic rings. The van der Waals surface area contributed by atoms with E-state index in [-0.39, 0.29) is 6.42 Å². The first-order valence-electron chi connectivity index (χ1n) is 4.11. The molecule has 78 valence electrons. The first-order valence-corrected chi connectivity index (χ1v) is 5.68. The fourth-order valence-corrected chi connectivity index (χ4v) is 2.42. The summed E-state index contributed by atoms with van der Waals surface area (Å²) < 4.78 is 0. The molecular formula is C10H8BrNO2S. The van der Waals surface area contributed by atoms with Gasteiger partial charge in [-0.2, -0.15) is 5.26 Å². The van der Waals surface area contributed by atoms with Gasteiger partial charge in [0.15, 0.2) is 0 Å². The van der Waals surface area contributed by atoms with Gasteiger partial charge in [0.05, 0.1) is 18.1 Å². The van der Waals surface area contributed by atoms with Crippen molar-refractivity contribution in [1.29, 1.82) is 5.26 Å². The fourth-order valence-electron chi connectivity index (χ4n) is 1.23. The van der Waals surface area contributed by atoms with Crippen molar-refractivity contribution in [2.75, 3.05) is 0 Å². The van der Waals surface area contributed by atoms with Crippen LogP contribution in [0.5, 0.6) is 0 Å². The number of rotatable bonds is 3. The Kier molecular flexibility index (Phi) is 4.18. The van der Waals surface area contributed by atoms with Gasteiger partial charge in [0.1, 0.15) is 0 Å². The lowest BCUT2D eigenvalue weighted by atomic mass is 10.0. The molecule has 1 aromatic carbocycles. The Morgan fingerprint density at radius 1 is 1.60 bits per heavy atom. The second-order valence-corrected chi connectivity index (χ2v) is 4.00. The maximum absolute atomic E-state index is 10.5. The van der Waals surface area contributed by atoms with Crippen LogP contribution in [0.25, 0.3) is 0 Å². The van der Waals surface area contributed by atoms with Crippen molar-refractivity contribution in [2.24, 2.45) is 0 Å². The summed E-state index contributed by atoms with van der Waals surface area (Å²) in [5, 5.41) is 18.0. The molecule has 0 atom stereocenters. The molecule has 5 heteroatoms. The van der Waals surface area contributed by atoms with E-state index in [1.165, 1.54) is 0 Å². The number of carboxylic acids is 1. The van der Waals surface area contributed by atoms with E-state index in [1.807, 2.05) is 6.07 Å². The lowest BCUT2D eigenvalue weighted by Crippen LogP contribution is -2.01. The number of nitriles is 1. The fraction of sp³-hybridized carbons (Fsp3) is 0.200.